The van der Waals surface area contributed by atoms with Crippen molar-refractivity contribution in [2.75, 3.05) is 11.9 Å². The third-order valence-electron chi connectivity index (χ3n) is 5.37. The van der Waals surface area contributed by atoms with Gasteiger partial charge >= 0.3 is 0 Å². The average Bonchev–Trinajstić information content (AvgIpc) is 2.86. The fraction of sp³-hybridized carbons (Fsp3) is 0.0769. The number of rotatable bonds is 5. The van der Waals surface area contributed by atoms with E-state index in [9.17, 15) is 9.59 Å². The van der Waals surface area contributed by atoms with Crippen molar-refractivity contribution in [3.8, 4) is 17.1 Å². The molecular formula is C26H20N4O3. The number of carbonyl (C=O) groups is 1. The molecule has 33 heavy (non-hydrogen) atoms. The minimum atomic E-state index is -0.282. The lowest BCUT2D eigenvalue weighted by Crippen LogP contribution is -2.20. The fourth-order valence-corrected chi connectivity index (χ4v) is 3.72. The van der Waals surface area contributed by atoms with Crippen LogP contribution in [0.2, 0.25) is 0 Å². The Morgan fingerprint density at radius 2 is 1.76 bits per heavy atom. The zero-order chi connectivity index (χ0) is 22.8. The maximum atomic E-state index is 12.6. The van der Waals surface area contributed by atoms with Crippen LogP contribution in [0, 0.1) is 0 Å². The average molecular weight is 436 g/mol. The van der Waals surface area contributed by atoms with Crippen molar-refractivity contribution in [3.05, 3.63) is 95.4 Å². The topological polar surface area (TPSA) is 86.1 Å². The molecule has 0 aliphatic rings. The molecule has 0 atom stereocenters. The van der Waals surface area contributed by atoms with Crippen LogP contribution in [0.25, 0.3) is 33.2 Å². The van der Waals surface area contributed by atoms with E-state index in [4.69, 9.17) is 4.74 Å². The summed E-state index contributed by atoms with van der Waals surface area (Å²) < 4.78 is 7.18. The zero-order valence-electron chi connectivity index (χ0n) is 17.9. The fourth-order valence-electron chi connectivity index (χ4n) is 3.72. The molecule has 0 aliphatic carbocycles. The van der Waals surface area contributed by atoms with Crippen LogP contribution in [0.1, 0.15) is 0 Å². The number of pyridine rings is 1. The van der Waals surface area contributed by atoms with Crippen molar-refractivity contribution >= 4 is 33.4 Å². The molecular weight excluding hydrogens is 416 g/mol. The van der Waals surface area contributed by atoms with Crippen molar-refractivity contribution in [1.29, 1.82) is 0 Å². The minimum Gasteiger partial charge on any atom is -0.484 e. The van der Waals surface area contributed by atoms with E-state index in [1.54, 1.807) is 31.4 Å². The Bertz CT molecular complexity index is 1540. The van der Waals surface area contributed by atoms with Gasteiger partial charge in [0.25, 0.3) is 11.5 Å². The van der Waals surface area contributed by atoms with Crippen molar-refractivity contribution in [2.24, 2.45) is 7.05 Å². The van der Waals surface area contributed by atoms with Gasteiger partial charge in [-0.25, -0.2) is 4.98 Å². The van der Waals surface area contributed by atoms with E-state index >= 15 is 0 Å². The highest BCUT2D eigenvalue weighted by Gasteiger charge is 2.11. The zero-order valence-corrected chi connectivity index (χ0v) is 17.9. The number of hydrogen-bond acceptors (Lipinski definition) is 5. The SMILES string of the molecule is Cn1c(-c2ccc(OCC(=O)Nc3cccc4cccnc34)cc2)nc2ccccc2c1=O. The number of benzene rings is 3. The first-order valence-electron chi connectivity index (χ1n) is 10.4. The molecule has 1 amide bonds. The van der Waals surface area contributed by atoms with E-state index in [1.165, 1.54) is 4.57 Å². The summed E-state index contributed by atoms with van der Waals surface area (Å²) >= 11 is 0. The number of carbonyl (C=O) groups excluding carboxylic acids is 1. The molecule has 5 rings (SSSR count). The van der Waals surface area contributed by atoms with Gasteiger partial charge in [-0.15, -0.1) is 0 Å². The number of para-hydroxylation sites is 2. The predicted octanol–water partition coefficient (Wildman–Crippen LogP) is 4.17. The van der Waals surface area contributed by atoms with Crippen LogP contribution in [0.15, 0.2) is 89.9 Å². The highest BCUT2D eigenvalue weighted by molar-refractivity contribution is 6.00. The second-order valence-corrected chi connectivity index (χ2v) is 7.56. The van der Waals surface area contributed by atoms with Gasteiger partial charge in [-0.3, -0.25) is 19.1 Å². The van der Waals surface area contributed by atoms with Gasteiger partial charge in [-0.2, -0.15) is 0 Å². The molecule has 2 heterocycles. The van der Waals surface area contributed by atoms with Crippen molar-refractivity contribution in [3.63, 3.8) is 0 Å². The largest absolute Gasteiger partial charge is 0.484 e. The lowest BCUT2D eigenvalue weighted by Gasteiger charge is -2.11. The van der Waals surface area contributed by atoms with Gasteiger partial charge < -0.3 is 10.1 Å². The van der Waals surface area contributed by atoms with Gasteiger partial charge in [0, 0.05) is 24.2 Å². The van der Waals surface area contributed by atoms with Crippen LogP contribution in [0.4, 0.5) is 5.69 Å². The standard InChI is InChI=1S/C26H20N4O3/c1-30-25(29-21-9-3-2-8-20(21)26(30)32)18-11-13-19(14-12-18)33-16-23(31)28-22-10-4-6-17-7-5-15-27-24(17)22/h2-15H,16H2,1H3,(H,28,31). The molecule has 7 heteroatoms. The first-order chi connectivity index (χ1) is 16.1. The molecule has 0 aliphatic heterocycles. The van der Waals surface area contributed by atoms with Crippen molar-refractivity contribution in [1.82, 2.24) is 14.5 Å². The summed E-state index contributed by atoms with van der Waals surface area (Å²) in [6, 6.07) is 23.8. The Morgan fingerprint density at radius 3 is 2.61 bits per heavy atom. The van der Waals surface area contributed by atoms with Gasteiger partial charge in [-0.1, -0.05) is 30.3 Å². The number of hydrogen-bond donors (Lipinski definition) is 1. The maximum absolute atomic E-state index is 12.6. The molecule has 0 spiro atoms. The number of nitrogens with one attached hydrogen (secondary N) is 1. The van der Waals surface area contributed by atoms with Crippen LogP contribution in [-0.4, -0.2) is 27.0 Å². The summed E-state index contributed by atoms with van der Waals surface area (Å²) in [4.78, 5) is 34.0. The summed E-state index contributed by atoms with van der Waals surface area (Å²) in [5.74, 6) is 0.818. The molecule has 3 aromatic carbocycles. The smallest absolute Gasteiger partial charge is 0.262 e. The van der Waals surface area contributed by atoms with Crippen LogP contribution in [-0.2, 0) is 11.8 Å². The second kappa shape index (κ2) is 8.55. The molecule has 0 unspecified atom stereocenters. The molecule has 7 nitrogen and oxygen atoms in total. The Morgan fingerprint density at radius 1 is 0.970 bits per heavy atom. The van der Waals surface area contributed by atoms with Gasteiger partial charge in [-0.05, 0) is 48.5 Å². The molecule has 0 saturated carbocycles. The summed E-state index contributed by atoms with van der Waals surface area (Å²) in [6.45, 7) is -0.144. The van der Waals surface area contributed by atoms with Gasteiger partial charge in [0.1, 0.15) is 11.6 Å². The van der Waals surface area contributed by atoms with E-state index in [0.29, 0.717) is 28.2 Å². The Balaban J connectivity index is 1.30. The van der Waals surface area contributed by atoms with E-state index < -0.39 is 0 Å². The summed E-state index contributed by atoms with van der Waals surface area (Å²) in [6.07, 6.45) is 1.69. The summed E-state index contributed by atoms with van der Waals surface area (Å²) in [5.41, 5.74) is 2.69. The molecule has 0 bridgehead atoms. The van der Waals surface area contributed by atoms with Crippen LogP contribution in [0.5, 0.6) is 5.75 Å². The minimum absolute atomic E-state index is 0.101. The quantitative estimate of drug-likeness (QED) is 0.447. The first kappa shape index (κ1) is 20.4. The summed E-state index contributed by atoms with van der Waals surface area (Å²) in [5, 5.41) is 4.38. The monoisotopic (exact) mass is 436 g/mol. The maximum Gasteiger partial charge on any atom is 0.262 e. The first-order valence-corrected chi connectivity index (χ1v) is 10.4. The second-order valence-electron chi connectivity index (χ2n) is 7.56. The molecule has 0 radical (unpaired) electrons. The van der Waals surface area contributed by atoms with Crippen molar-refractivity contribution < 1.29 is 9.53 Å². The van der Waals surface area contributed by atoms with Gasteiger partial charge in [0.15, 0.2) is 6.61 Å². The Hall–Kier alpha value is -4.52. The highest BCUT2D eigenvalue weighted by Crippen LogP contribution is 2.23. The summed E-state index contributed by atoms with van der Waals surface area (Å²) in [7, 11) is 1.70. The molecule has 0 saturated heterocycles. The van der Waals surface area contributed by atoms with Crippen molar-refractivity contribution in [2.45, 2.75) is 0 Å². The Labute approximate surface area is 189 Å². The van der Waals surface area contributed by atoms with E-state index in [2.05, 4.69) is 15.3 Å². The number of aromatic nitrogens is 3. The van der Waals surface area contributed by atoms with Crippen LogP contribution >= 0.6 is 0 Å². The lowest BCUT2D eigenvalue weighted by molar-refractivity contribution is -0.118. The molecule has 5 aromatic rings. The van der Waals surface area contributed by atoms with Gasteiger partial charge in [0.2, 0.25) is 0 Å². The molecule has 0 fully saturated rings. The van der Waals surface area contributed by atoms with E-state index in [1.807, 2.05) is 60.7 Å². The van der Waals surface area contributed by atoms with Crippen LogP contribution < -0.4 is 15.6 Å². The molecule has 2 aromatic heterocycles. The van der Waals surface area contributed by atoms with Gasteiger partial charge in [0.05, 0.1) is 22.1 Å². The molecule has 1 N–H and O–H groups in total. The third kappa shape index (κ3) is 4.04. The number of amides is 1. The van der Waals surface area contributed by atoms with Crippen LogP contribution in [0.3, 0.4) is 0 Å². The third-order valence-corrected chi connectivity index (χ3v) is 5.37. The van der Waals surface area contributed by atoms with E-state index in [-0.39, 0.29) is 18.1 Å². The number of nitrogens with zero attached hydrogens (tertiary/aromatic N) is 3. The predicted molar refractivity (Wildman–Crippen MR) is 128 cm³/mol. The highest BCUT2D eigenvalue weighted by atomic mass is 16.5. The normalized spacial score (nSPS) is 10.9. The lowest BCUT2D eigenvalue weighted by atomic mass is 10.1. The number of fused-ring (bicyclic) bond motifs is 2. The Kier molecular flexibility index (Phi) is 5.28. The van der Waals surface area contributed by atoms with E-state index in [0.717, 1.165) is 16.5 Å². The molecule has 162 valence electrons. The number of anilines is 1. The number of ether oxygens (including phenoxy) is 1.